The van der Waals surface area contributed by atoms with E-state index in [1.807, 2.05) is 35.8 Å². The van der Waals surface area contributed by atoms with E-state index in [4.69, 9.17) is 9.72 Å². The van der Waals surface area contributed by atoms with Crippen LogP contribution in [0.5, 0.6) is 0 Å². The minimum Gasteiger partial charge on any atom is -0.384 e. The third kappa shape index (κ3) is 3.87. The molecule has 25 heavy (non-hydrogen) atoms. The van der Waals surface area contributed by atoms with Crippen molar-refractivity contribution in [3.63, 3.8) is 0 Å². The van der Waals surface area contributed by atoms with Crippen molar-refractivity contribution in [3.8, 4) is 11.4 Å². The second kappa shape index (κ2) is 7.74. The molecular weight excluding hydrogens is 318 g/mol. The molecule has 134 valence electrons. The quantitative estimate of drug-likeness (QED) is 0.829. The van der Waals surface area contributed by atoms with Gasteiger partial charge in [-0.3, -0.25) is 9.78 Å². The Morgan fingerprint density at radius 2 is 2.20 bits per heavy atom. The SMILES string of the molecule is COCCC(=O)N1CCC[C@H](c2cncc(-c3cnc(C)n3C)n2)C1. The van der Waals surface area contributed by atoms with Gasteiger partial charge in [0, 0.05) is 39.4 Å². The summed E-state index contributed by atoms with van der Waals surface area (Å²) in [7, 11) is 3.59. The number of methoxy groups -OCH3 is 1. The van der Waals surface area contributed by atoms with Crippen LogP contribution in [0.15, 0.2) is 18.6 Å². The van der Waals surface area contributed by atoms with Gasteiger partial charge in [-0.1, -0.05) is 0 Å². The fourth-order valence-electron chi connectivity index (χ4n) is 3.23. The molecule has 1 aliphatic heterocycles. The van der Waals surface area contributed by atoms with Crippen molar-refractivity contribution in [2.75, 3.05) is 26.8 Å². The summed E-state index contributed by atoms with van der Waals surface area (Å²) in [6.07, 6.45) is 7.86. The summed E-state index contributed by atoms with van der Waals surface area (Å²) in [5, 5.41) is 0. The second-order valence-electron chi connectivity index (χ2n) is 6.50. The van der Waals surface area contributed by atoms with Gasteiger partial charge in [-0.15, -0.1) is 0 Å². The Kier molecular flexibility index (Phi) is 5.43. The molecule has 7 nitrogen and oxygen atoms in total. The van der Waals surface area contributed by atoms with Crippen molar-refractivity contribution in [1.82, 2.24) is 24.4 Å². The average molecular weight is 343 g/mol. The largest absolute Gasteiger partial charge is 0.384 e. The van der Waals surface area contributed by atoms with Gasteiger partial charge in [0.05, 0.1) is 36.8 Å². The Morgan fingerprint density at radius 1 is 1.36 bits per heavy atom. The predicted molar refractivity (Wildman–Crippen MR) is 94.0 cm³/mol. The molecule has 0 bridgehead atoms. The fourth-order valence-corrected chi connectivity index (χ4v) is 3.23. The summed E-state index contributed by atoms with van der Waals surface area (Å²) >= 11 is 0. The van der Waals surface area contributed by atoms with Crippen LogP contribution in [0.3, 0.4) is 0 Å². The summed E-state index contributed by atoms with van der Waals surface area (Å²) in [4.78, 5) is 27.7. The van der Waals surface area contributed by atoms with Crippen LogP contribution in [0.1, 0.15) is 36.7 Å². The van der Waals surface area contributed by atoms with E-state index in [2.05, 4.69) is 9.97 Å². The number of hydrogen-bond donors (Lipinski definition) is 0. The van der Waals surface area contributed by atoms with Crippen LogP contribution in [0, 0.1) is 6.92 Å². The number of aryl methyl sites for hydroxylation is 1. The number of carbonyl (C=O) groups excluding carboxylic acids is 1. The van der Waals surface area contributed by atoms with Crippen LogP contribution in [0.25, 0.3) is 11.4 Å². The summed E-state index contributed by atoms with van der Waals surface area (Å²) < 4.78 is 7.02. The predicted octanol–water partition coefficient (Wildman–Crippen LogP) is 1.93. The molecule has 0 aromatic carbocycles. The summed E-state index contributed by atoms with van der Waals surface area (Å²) in [6, 6.07) is 0. The molecular formula is C18H25N5O2. The van der Waals surface area contributed by atoms with Crippen LogP contribution in [0.4, 0.5) is 0 Å². The van der Waals surface area contributed by atoms with Gasteiger partial charge in [-0.2, -0.15) is 0 Å². The number of hydrogen-bond acceptors (Lipinski definition) is 5. The van der Waals surface area contributed by atoms with Gasteiger partial charge in [-0.25, -0.2) is 9.97 Å². The zero-order chi connectivity index (χ0) is 17.8. The summed E-state index contributed by atoms with van der Waals surface area (Å²) in [6.45, 7) is 3.94. The summed E-state index contributed by atoms with van der Waals surface area (Å²) in [5.74, 6) is 1.31. The normalized spacial score (nSPS) is 17.7. The zero-order valence-corrected chi connectivity index (χ0v) is 15.1. The molecule has 7 heteroatoms. The highest BCUT2D eigenvalue weighted by molar-refractivity contribution is 5.76. The number of carbonyl (C=O) groups is 1. The van der Waals surface area contributed by atoms with E-state index >= 15 is 0 Å². The fraction of sp³-hybridized carbons (Fsp3) is 0.556. The molecule has 0 N–H and O–H groups in total. The maximum atomic E-state index is 12.3. The van der Waals surface area contributed by atoms with Crippen molar-refractivity contribution in [1.29, 1.82) is 0 Å². The number of amides is 1. The molecule has 1 amide bonds. The highest BCUT2D eigenvalue weighted by Gasteiger charge is 2.26. The van der Waals surface area contributed by atoms with Gasteiger partial charge in [-0.05, 0) is 19.8 Å². The van der Waals surface area contributed by atoms with E-state index in [0.717, 1.165) is 42.3 Å². The van der Waals surface area contributed by atoms with Gasteiger partial charge < -0.3 is 14.2 Å². The maximum absolute atomic E-state index is 12.3. The van der Waals surface area contributed by atoms with Crippen molar-refractivity contribution in [3.05, 3.63) is 30.1 Å². The maximum Gasteiger partial charge on any atom is 0.224 e. The molecule has 1 saturated heterocycles. The number of aromatic nitrogens is 4. The van der Waals surface area contributed by atoms with Crippen molar-refractivity contribution in [2.24, 2.45) is 7.05 Å². The standard InChI is InChI=1S/C18H25N5O2/c1-13-20-11-17(22(13)2)16-10-19-9-15(21-16)14-5-4-7-23(12-14)18(24)6-8-25-3/h9-11,14H,4-8,12H2,1-3H3/t14-/m0/s1. The Balaban J connectivity index is 1.76. The van der Waals surface area contributed by atoms with Gasteiger partial charge in [0.2, 0.25) is 5.91 Å². The van der Waals surface area contributed by atoms with Gasteiger partial charge in [0.25, 0.3) is 0 Å². The molecule has 2 aromatic rings. The molecule has 0 unspecified atom stereocenters. The van der Waals surface area contributed by atoms with Gasteiger partial charge in [0.1, 0.15) is 11.5 Å². The number of nitrogens with zero attached hydrogens (tertiary/aromatic N) is 5. The number of likely N-dealkylation sites (tertiary alicyclic amines) is 1. The number of imidazole rings is 1. The molecule has 0 radical (unpaired) electrons. The highest BCUT2D eigenvalue weighted by Crippen LogP contribution is 2.27. The molecule has 3 rings (SSSR count). The first kappa shape index (κ1) is 17.5. The first-order chi connectivity index (χ1) is 12.1. The van der Waals surface area contributed by atoms with E-state index in [1.165, 1.54) is 0 Å². The topological polar surface area (TPSA) is 73.1 Å². The lowest BCUT2D eigenvalue weighted by Gasteiger charge is -2.32. The monoisotopic (exact) mass is 343 g/mol. The number of piperidine rings is 1. The van der Waals surface area contributed by atoms with E-state index in [1.54, 1.807) is 13.3 Å². The van der Waals surface area contributed by atoms with E-state index < -0.39 is 0 Å². The second-order valence-corrected chi connectivity index (χ2v) is 6.50. The summed E-state index contributed by atoms with van der Waals surface area (Å²) in [5.41, 5.74) is 2.72. The van der Waals surface area contributed by atoms with Crippen LogP contribution in [-0.4, -0.2) is 57.1 Å². The van der Waals surface area contributed by atoms with Gasteiger partial charge in [0.15, 0.2) is 0 Å². The first-order valence-corrected chi connectivity index (χ1v) is 8.67. The minimum absolute atomic E-state index is 0.151. The molecule has 1 aliphatic rings. The molecule has 3 heterocycles. The number of rotatable bonds is 5. The van der Waals surface area contributed by atoms with Crippen LogP contribution >= 0.6 is 0 Å². The molecule has 0 spiro atoms. The van der Waals surface area contributed by atoms with Gasteiger partial charge >= 0.3 is 0 Å². The lowest BCUT2D eigenvalue weighted by molar-refractivity contribution is -0.133. The van der Waals surface area contributed by atoms with E-state index in [9.17, 15) is 4.79 Å². The Morgan fingerprint density at radius 3 is 2.92 bits per heavy atom. The first-order valence-electron chi connectivity index (χ1n) is 8.67. The Hall–Kier alpha value is -2.28. The Labute approximate surface area is 148 Å². The van der Waals surface area contributed by atoms with Crippen LogP contribution < -0.4 is 0 Å². The van der Waals surface area contributed by atoms with Crippen molar-refractivity contribution < 1.29 is 9.53 Å². The minimum atomic E-state index is 0.151. The zero-order valence-electron chi connectivity index (χ0n) is 15.1. The molecule has 2 aromatic heterocycles. The third-order valence-corrected chi connectivity index (χ3v) is 4.85. The smallest absolute Gasteiger partial charge is 0.224 e. The average Bonchev–Trinajstić information content (AvgIpc) is 2.99. The molecule has 0 saturated carbocycles. The van der Waals surface area contributed by atoms with Crippen LogP contribution in [0.2, 0.25) is 0 Å². The van der Waals surface area contributed by atoms with Crippen molar-refractivity contribution >= 4 is 5.91 Å². The highest BCUT2D eigenvalue weighted by atomic mass is 16.5. The lowest BCUT2D eigenvalue weighted by Crippen LogP contribution is -2.39. The third-order valence-electron chi connectivity index (χ3n) is 4.85. The van der Waals surface area contributed by atoms with E-state index in [0.29, 0.717) is 19.6 Å². The molecule has 0 aliphatic carbocycles. The van der Waals surface area contributed by atoms with Crippen LogP contribution in [-0.2, 0) is 16.6 Å². The van der Waals surface area contributed by atoms with E-state index in [-0.39, 0.29) is 11.8 Å². The van der Waals surface area contributed by atoms with Crippen molar-refractivity contribution in [2.45, 2.75) is 32.1 Å². The number of ether oxygens (including phenoxy) is 1. The molecule has 1 atom stereocenters. The lowest BCUT2D eigenvalue weighted by atomic mass is 9.94. The molecule has 1 fully saturated rings. The Bertz CT molecular complexity index is 743.